The molecule has 1 heterocycles. The summed E-state index contributed by atoms with van der Waals surface area (Å²) in [6, 6.07) is 20.2. The molecule has 7 heteroatoms. The smallest absolute Gasteiger partial charge is 0.234 e. The molecular formula is C22H25N5OS. The number of nitrogens with one attached hydrogen (secondary N) is 1. The van der Waals surface area contributed by atoms with Crippen LogP contribution in [0.3, 0.4) is 0 Å². The number of tetrazole rings is 1. The number of carbonyl (C=O) groups is 1. The van der Waals surface area contributed by atoms with Crippen LogP contribution in [0.2, 0.25) is 0 Å². The van der Waals surface area contributed by atoms with Gasteiger partial charge in [0.15, 0.2) is 0 Å². The summed E-state index contributed by atoms with van der Waals surface area (Å²) in [6.07, 6.45) is 4.62. The molecule has 4 rings (SSSR count). The lowest BCUT2D eigenvalue weighted by molar-refractivity contribution is -0.120. The maximum atomic E-state index is 13.0. The maximum absolute atomic E-state index is 13.0. The Morgan fingerprint density at radius 1 is 1.03 bits per heavy atom. The van der Waals surface area contributed by atoms with Crippen molar-refractivity contribution in [3.8, 4) is 0 Å². The first-order valence-electron chi connectivity index (χ1n) is 10.1. The fourth-order valence-corrected chi connectivity index (χ4v) is 4.63. The summed E-state index contributed by atoms with van der Waals surface area (Å²) in [6.45, 7) is 1.90. The van der Waals surface area contributed by atoms with E-state index in [0.717, 1.165) is 29.1 Å². The standard InChI is InChI=1S/C22H25N5OS/c1-16(29-22-24-25-26-27(22)19-14-8-9-15-19)21(28)23-20(17-10-4-2-5-11-17)18-12-6-3-7-13-18/h2-7,10-13,16,19-20H,8-9,14-15H2,1H3,(H,23,28)/t16-/m1/s1. The van der Waals surface area contributed by atoms with Crippen molar-refractivity contribution < 1.29 is 4.79 Å². The molecule has 6 nitrogen and oxygen atoms in total. The van der Waals surface area contributed by atoms with Crippen molar-refractivity contribution in [1.82, 2.24) is 25.5 Å². The Labute approximate surface area is 175 Å². The predicted molar refractivity (Wildman–Crippen MR) is 114 cm³/mol. The highest BCUT2D eigenvalue weighted by Gasteiger charge is 2.26. The van der Waals surface area contributed by atoms with Gasteiger partial charge in [-0.2, -0.15) is 0 Å². The number of thioether (sulfide) groups is 1. The molecule has 1 saturated carbocycles. The van der Waals surface area contributed by atoms with Gasteiger partial charge in [0.2, 0.25) is 11.1 Å². The van der Waals surface area contributed by atoms with Crippen LogP contribution in [-0.2, 0) is 4.79 Å². The van der Waals surface area contributed by atoms with E-state index >= 15 is 0 Å². The lowest BCUT2D eigenvalue weighted by Crippen LogP contribution is -2.35. The molecule has 0 unspecified atom stereocenters. The van der Waals surface area contributed by atoms with Gasteiger partial charge in [0.25, 0.3) is 0 Å². The van der Waals surface area contributed by atoms with Crippen molar-refractivity contribution in [2.45, 2.75) is 55.1 Å². The number of rotatable bonds is 7. The van der Waals surface area contributed by atoms with Gasteiger partial charge in [-0.1, -0.05) is 85.3 Å². The average molecular weight is 408 g/mol. The Balaban J connectivity index is 1.49. The first-order valence-corrected chi connectivity index (χ1v) is 10.9. The Morgan fingerprint density at radius 2 is 1.62 bits per heavy atom. The van der Waals surface area contributed by atoms with Crippen LogP contribution in [0, 0.1) is 0 Å². The molecule has 0 spiro atoms. The number of carbonyl (C=O) groups excluding carboxylic acids is 1. The minimum absolute atomic E-state index is 0.0336. The highest BCUT2D eigenvalue weighted by atomic mass is 32.2. The van der Waals surface area contributed by atoms with Crippen molar-refractivity contribution in [1.29, 1.82) is 0 Å². The minimum atomic E-state index is -0.309. The maximum Gasteiger partial charge on any atom is 0.234 e. The Bertz CT molecular complexity index is 885. The second-order valence-electron chi connectivity index (χ2n) is 7.37. The monoisotopic (exact) mass is 407 g/mol. The second-order valence-corrected chi connectivity index (χ2v) is 8.68. The molecule has 1 aromatic heterocycles. The molecule has 0 bridgehead atoms. The molecule has 1 atom stereocenters. The van der Waals surface area contributed by atoms with Gasteiger partial charge in [-0.15, -0.1) is 5.10 Å². The molecule has 150 valence electrons. The summed E-state index contributed by atoms with van der Waals surface area (Å²) >= 11 is 1.42. The van der Waals surface area contributed by atoms with Gasteiger partial charge >= 0.3 is 0 Å². The van der Waals surface area contributed by atoms with E-state index < -0.39 is 0 Å². The van der Waals surface area contributed by atoms with Crippen molar-refractivity contribution in [2.75, 3.05) is 0 Å². The number of hydrogen-bond donors (Lipinski definition) is 1. The van der Waals surface area contributed by atoms with Gasteiger partial charge in [0.05, 0.1) is 17.3 Å². The number of benzene rings is 2. The molecule has 2 aromatic carbocycles. The summed E-state index contributed by atoms with van der Waals surface area (Å²) < 4.78 is 1.90. The molecule has 0 radical (unpaired) electrons. The van der Waals surface area contributed by atoms with Crippen LogP contribution >= 0.6 is 11.8 Å². The molecule has 1 aliphatic rings. The molecule has 3 aromatic rings. The highest BCUT2D eigenvalue weighted by Crippen LogP contribution is 2.32. The predicted octanol–water partition coefficient (Wildman–Crippen LogP) is 4.17. The summed E-state index contributed by atoms with van der Waals surface area (Å²) in [5.74, 6) is -0.0336. The van der Waals surface area contributed by atoms with E-state index in [-0.39, 0.29) is 17.2 Å². The normalized spacial score (nSPS) is 15.5. The van der Waals surface area contributed by atoms with Crippen LogP contribution in [0.25, 0.3) is 0 Å². The number of hydrogen-bond acceptors (Lipinski definition) is 5. The lowest BCUT2D eigenvalue weighted by atomic mass is 9.98. The number of amides is 1. The van der Waals surface area contributed by atoms with Crippen LogP contribution in [0.1, 0.15) is 55.8 Å². The van der Waals surface area contributed by atoms with E-state index in [1.54, 1.807) is 0 Å². The largest absolute Gasteiger partial charge is 0.344 e. The first-order chi connectivity index (χ1) is 14.2. The third-order valence-corrected chi connectivity index (χ3v) is 6.38. The van der Waals surface area contributed by atoms with Crippen LogP contribution in [0.15, 0.2) is 65.8 Å². The molecule has 1 amide bonds. The van der Waals surface area contributed by atoms with Gasteiger partial charge in [-0.3, -0.25) is 4.79 Å². The Kier molecular flexibility index (Phi) is 6.24. The van der Waals surface area contributed by atoms with Crippen LogP contribution in [-0.4, -0.2) is 31.4 Å². The third kappa shape index (κ3) is 4.67. The zero-order valence-corrected chi connectivity index (χ0v) is 17.3. The number of aromatic nitrogens is 4. The quantitative estimate of drug-likeness (QED) is 0.595. The summed E-state index contributed by atoms with van der Waals surface area (Å²) in [4.78, 5) is 13.0. The van der Waals surface area contributed by atoms with Crippen molar-refractivity contribution in [3.05, 3.63) is 71.8 Å². The van der Waals surface area contributed by atoms with Crippen LogP contribution in [0.4, 0.5) is 0 Å². The zero-order valence-electron chi connectivity index (χ0n) is 16.4. The van der Waals surface area contributed by atoms with Gasteiger partial charge in [-0.05, 0) is 41.3 Å². The molecule has 29 heavy (non-hydrogen) atoms. The molecule has 1 fully saturated rings. The van der Waals surface area contributed by atoms with Crippen molar-refractivity contribution in [2.24, 2.45) is 0 Å². The first kappa shape index (κ1) is 19.6. The lowest BCUT2D eigenvalue weighted by Gasteiger charge is -2.22. The van der Waals surface area contributed by atoms with E-state index in [4.69, 9.17) is 0 Å². The molecule has 0 aliphatic heterocycles. The fraction of sp³-hybridized carbons (Fsp3) is 0.364. The fourth-order valence-electron chi connectivity index (χ4n) is 3.76. The SMILES string of the molecule is C[C@@H](Sc1nnnn1C1CCCC1)C(=O)NC(c1ccccc1)c1ccccc1. The van der Waals surface area contributed by atoms with E-state index in [1.807, 2.05) is 72.3 Å². The number of nitrogens with zero attached hydrogens (tertiary/aromatic N) is 4. The van der Waals surface area contributed by atoms with E-state index in [1.165, 1.54) is 24.6 Å². The zero-order chi connectivity index (χ0) is 20.1. The Hall–Kier alpha value is -2.67. The summed E-state index contributed by atoms with van der Waals surface area (Å²) in [7, 11) is 0. The van der Waals surface area contributed by atoms with Crippen LogP contribution < -0.4 is 5.32 Å². The van der Waals surface area contributed by atoms with E-state index in [0.29, 0.717) is 6.04 Å². The third-order valence-electron chi connectivity index (χ3n) is 5.34. The molecule has 1 aliphatic carbocycles. The average Bonchev–Trinajstić information content (AvgIpc) is 3.45. The van der Waals surface area contributed by atoms with E-state index in [9.17, 15) is 4.79 Å². The highest BCUT2D eigenvalue weighted by molar-refractivity contribution is 8.00. The second kappa shape index (κ2) is 9.22. The Morgan fingerprint density at radius 3 is 2.21 bits per heavy atom. The summed E-state index contributed by atoms with van der Waals surface area (Å²) in [5.41, 5.74) is 2.11. The molecule has 1 N–H and O–H groups in total. The van der Waals surface area contributed by atoms with E-state index in [2.05, 4.69) is 20.8 Å². The van der Waals surface area contributed by atoms with Gasteiger partial charge in [0, 0.05) is 0 Å². The van der Waals surface area contributed by atoms with Gasteiger partial charge < -0.3 is 5.32 Å². The van der Waals surface area contributed by atoms with Gasteiger partial charge in [0.1, 0.15) is 0 Å². The molecular weight excluding hydrogens is 382 g/mol. The summed E-state index contributed by atoms with van der Waals surface area (Å²) in [5, 5.41) is 15.8. The molecule has 0 saturated heterocycles. The van der Waals surface area contributed by atoms with Crippen LogP contribution in [0.5, 0.6) is 0 Å². The van der Waals surface area contributed by atoms with Crippen molar-refractivity contribution >= 4 is 17.7 Å². The van der Waals surface area contributed by atoms with Gasteiger partial charge in [-0.25, -0.2) is 4.68 Å². The van der Waals surface area contributed by atoms with Crippen molar-refractivity contribution in [3.63, 3.8) is 0 Å². The minimum Gasteiger partial charge on any atom is -0.344 e. The topological polar surface area (TPSA) is 72.7 Å².